The van der Waals surface area contributed by atoms with Crippen LogP contribution in [0.2, 0.25) is 0 Å². The van der Waals surface area contributed by atoms with Gasteiger partial charge in [0.15, 0.2) is 12.2 Å². The Balaban J connectivity index is 5.27. The fourth-order valence-electron chi connectivity index (χ4n) is 12.0. The summed E-state index contributed by atoms with van der Waals surface area (Å²) in [4.78, 5) is 73.0. The van der Waals surface area contributed by atoms with E-state index < -0.39 is 97.5 Å². The molecule has 3 unspecified atom stereocenters. The van der Waals surface area contributed by atoms with Crippen molar-refractivity contribution in [1.82, 2.24) is 0 Å². The van der Waals surface area contributed by atoms with Crippen LogP contribution in [0.5, 0.6) is 0 Å². The van der Waals surface area contributed by atoms with Gasteiger partial charge in [-0.3, -0.25) is 37.3 Å². The van der Waals surface area contributed by atoms with E-state index in [1.807, 2.05) is 0 Å². The van der Waals surface area contributed by atoms with Crippen molar-refractivity contribution in [3.05, 3.63) is 0 Å². The van der Waals surface area contributed by atoms with E-state index in [1.54, 1.807) is 0 Å². The van der Waals surface area contributed by atoms with Crippen LogP contribution in [-0.2, 0) is 65.4 Å². The van der Waals surface area contributed by atoms with Crippen molar-refractivity contribution in [2.24, 2.45) is 5.92 Å². The van der Waals surface area contributed by atoms with Crippen molar-refractivity contribution in [3.8, 4) is 0 Å². The molecule has 0 aromatic carbocycles. The van der Waals surface area contributed by atoms with Gasteiger partial charge in [0.25, 0.3) is 0 Å². The van der Waals surface area contributed by atoms with Gasteiger partial charge in [-0.05, 0) is 31.6 Å². The maximum atomic E-state index is 13.1. The monoisotopic (exact) mass is 1420 g/mol. The Labute approximate surface area is 594 Å². The van der Waals surface area contributed by atoms with Crippen molar-refractivity contribution >= 4 is 39.5 Å². The third-order valence-corrected chi connectivity index (χ3v) is 20.5. The van der Waals surface area contributed by atoms with E-state index in [9.17, 15) is 43.2 Å². The first-order chi connectivity index (χ1) is 47.1. The second kappa shape index (κ2) is 71.1. The van der Waals surface area contributed by atoms with E-state index in [2.05, 4.69) is 34.6 Å². The summed E-state index contributed by atoms with van der Waals surface area (Å²) in [5.41, 5.74) is 0. The lowest BCUT2D eigenvalue weighted by molar-refractivity contribution is -0.161. The van der Waals surface area contributed by atoms with Gasteiger partial charge in [-0.15, -0.1) is 0 Å². The lowest BCUT2D eigenvalue weighted by atomic mass is 9.99. The molecule has 0 aromatic heterocycles. The van der Waals surface area contributed by atoms with Crippen molar-refractivity contribution in [1.29, 1.82) is 0 Å². The number of rotatable bonds is 78. The molecular formula is C78H152O17P2. The summed E-state index contributed by atoms with van der Waals surface area (Å²) in [5, 5.41) is 10.6. The summed E-state index contributed by atoms with van der Waals surface area (Å²) in [5.74, 6) is -1.30. The van der Waals surface area contributed by atoms with Gasteiger partial charge in [0, 0.05) is 25.7 Å². The van der Waals surface area contributed by atoms with Crippen molar-refractivity contribution in [2.75, 3.05) is 39.6 Å². The zero-order chi connectivity index (χ0) is 71.2. The quantitative estimate of drug-likeness (QED) is 0.0222. The van der Waals surface area contributed by atoms with Gasteiger partial charge in [0.2, 0.25) is 0 Å². The average molecular weight is 1420 g/mol. The number of unbranched alkanes of at least 4 members (excludes halogenated alkanes) is 49. The molecule has 17 nitrogen and oxygen atoms in total. The number of esters is 4. The van der Waals surface area contributed by atoms with Crippen molar-refractivity contribution in [2.45, 2.75) is 432 Å². The molecule has 0 aliphatic heterocycles. The van der Waals surface area contributed by atoms with E-state index >= 15 is 0 Å². The summed E-state index contributed by atoms with van der Waals surface area (Å²) in [6.07, 6.45) is 60.7. The fraction of sp³-hybridized carbons (Fsp3) is 0.949. The van der Waals surface area contributed by atoms with E-state index in [4.69, 9.17) is 37.0 Å². The van der Waals surface area contributed by atoms with Gasteiger partial charge >= 0.3 is 39.5 Å². The maximum absolute atomic E-state index is 13.1. The minimum Gasteiger partial charge on any atom is -0.462 e. The molecule has 0 rings (SSSR count). The smallest absolute Gasteiger partial charge is 0.462 e. The summed E-state index contributed by atoms with van der Waals surface area (Å²) in [6.45, 7) is 7.35. The largest absolute Gasteiger partial charge is 0.472 e. The molecule has 0 bridgehead atoms. The van der Waals surface area contributed by atoms with Crippen LogP contribution in [0, 0.1) is 5.92 Å². The molecule has 19 heteroatoms. The van der Waals surface area contributed by atoms with Crippen LogP contribution < -0.4 is 0 Å². The van der Waals surface area contributed by atoms with Gasteiger partial charge in [0.1, 0.15) is 19.3 Å². The van der Waals surface area contributed by atoms with Crippen LogP contribution in [0.25, 0.3) is 0 Å². The fourth-order valence-corrected chi connectivity index (χ4v) is 13.6. The number of carbonyl (C=O) groups is 4. The van der Waals surface area contributed by atoms with Crippen molar-refractivity contribution in [3.63, 3.8) is 0 Å². The SMILES string of the molecule is CCCCCCCCCCCCCCCCCCC(=O)O[C@H](COC(=O)CCCCCCCCCCCCC(C)CC)COP(=O)(O)OC[C@@H](O)COP(=O)(O)OC[C@@H](COC(=O)CCCCCCCCCCCCCCC)OC(=O)CCCCCCCCCCCCCCCC. The van der Waals surface area contributed by atoms with E-state index in [0.29, 0.717) is 25.7 Å². The molecule has 0 aromatic rings. The zero-order valence-electron chi connectivity index (χ0n) is 63.2. The highest BCUT2D eigenvalue weighted by atomic mass is 31.2. The zero-order valence-corrected chi connectivity index (χ0v) is 65.0. The highest BCUT2D eigenvalue weighted by molar-refractivity contribution is 7.47. The summed E-state index contributed by atoms with van der Waals surface area (Å²) >= 11 is 0. The van der Waals surface area contributed by atoms with Crippen LogP contribution in [0.4, 0.5) is 0 Å². The van der Waals surface area contributed by atoms with E-state index in [1.165, 1.54) is 238 Å². The molecule has 0 fully saturated rings. The Bertz CT molecular complexity index is 1860. The number of ether oxygens (including phenoxy) is 4. The van der Waals surface area contributed by atoms with Gasteiger partial charge in [-0.1, -0.05) is 362 Å². The Morgan fingerprint density at radius 2 is 0.495 bits per heavy atom. The Morgan fingerprint density at radius 3 is 0.732 bits per heavy atom. The van der Waals surface area contributed by atoms with Crippen LogP contribution in [-0.4, -0.2) is 96.7 Å². The number of carbonyl (C=O) groups excluding carboxylic acids is 4. The highest BCUT2D eigenvalue weighted by Crippen LogP contribution is 2.45. The minimum atomic E-state index is -4.96. The third kappa shape index (κ3) is 70.9. The molecule has 0 radical (unpaired) electrons. The van der Waals surface area contributed by atoms with Crippen LogP contribution in [0.15, 0.2) is 0 Å². The number of phosphoric acid groups is 2. The van der Waals surface area contributed by atoms with E-state index in [-0.39, 0.29) is 25.7 Å². The van der Waals surface area contributed by atoms with Crippen LogP contribution >= 0.6 is 15.6 Å². The molecule has 3 N–H and O–H groups in total. The first kappa shape index (κ1) is 95.1. The molecule has 97 heavy (non-hydrogen) atoms. The predicted octanol–water partition coefficient (Wildman–Crippen LogP) is 23.3. The third-order valence-electron chi connectivity index (χ3n) is 18.6. The van der Waals surface area contributed by atoms with Gasteiger partial charge in [0.05, 0.1) is 26.4 Å². The number of aliphatic hydroxyl groups excluding tert-OH is 1. The molecule has 0 aliphatic carbocycles. The molecule has 0 aliphatic rings. The van der Waals surface area contributed by atoms with Gasteiger partial charge < -0.3 is 33.8 Å². The second-order valence-electron chi connectivity index (χ2n) is 28.3. The summed E-state index contributed by atoms with van der Waals surface area (Å²) < 4.78 is 68.7. The van der Waals surface area contributed by atoms with Crippen LogP contribution in [0.3, 0.4) is 0 Å². The standard InChI is InChI=1S/C78H152O17P2/c1-6-10-13-16-19-22-25-28-30-31-34-37-44-49-54-59-64-78(83)95-74(68-89-76(81)62-57-52-47-42-39-38-40-45-50-55-60-71(5)9-4)70-93-97(86,87)91-66-72(79)65-90-96(84,85)92-69-73(67-88-75(80)61-56-51-46-41-35-32-27-24-21-18-15-12-8-3)94-77(82)63-58-53-48-43-36-33-29-26-23-20-17-14-11-7-2/h71-74,79H,6-70H2,1-5H3,(H,84,85)(H,86,87)/t71?,72-,73+,74+/m0/s1. The molecule has 0 saturated heterocycles. The molecule has 576 valence electrons. The summed E-state index contributed by atoms with van der Waals surface area (Å²) in [6, 6.07) is 0. The maximum Gasteiger partial charge on any atom is 0.472 e. The first-order valence-electron chi connectivity index (χ1n) is 40.7. The summed E-state index contributed by atoms with van der Waals surface area (Å²) in [7, 11) is -9.91. The molecule has 6 atom stereocenters. The molecule has 0 amide bonds. The Morgan fingerprint density at radius 1 is 0.289 bits per heavy atom. The van der Waals surface area contributed by atoms with Crippen LogP contribution in [0.1, 0.15) is 413 Å². The number of aliphatic hydroxyl groups is 1. The molecule has 0 saturated carbocycles. The van der Waals surface area contributed by atoms with Crippen molar-refractivity contribution < 1.29 is 80.2 Å². The lowest BCUT2D eigenvalue weighted by Gasteiger charge is -2.21. The Kier molecular flexibility index (Phi) is 69.6. The predicted molar refractivity (Wildman–Crippen MR) is 395 cm³/mol. The highest BCUT2D eigenvalue weighted by Gasteiger charge is 2.30. The normalized spacial score (nSPS) is 14.2. The lowest BCUT2D eigenvalue weighted by Crippen LogP contribution is -2.30. The molecule has 0 spiro atoms. The molecule has 0 heterocycles. The number of hydrogen-bond acceptors (Lipinski definition) is 15. The van der Waals surface area contributed by atoms with Gasteiger partial charge in [-0.2, -0.15) is 0 Å². The number of phosphoric ester groups is 2. The van der Waals surface area contributed by atoms with E-state index in [0.717, 1.165) is 95.8 Å². The second-order valence-corrected chi connectivity index (χ2v) is 31.3. The minimum absolute atomic E-state index is 0.109. The number of hydrogen-bond donors (Lipinski definition) is 3. The average Bonchev–Trinajstić information content (AvgIpc) is 1.31. The Hall–Kier alpha value is -1.94. The molecular weight excluding hydrogens is 1270 g/mol. The van der Waals surface area contributed by atoms with Gasteiger partial charge in [-0.25, -0.2) is 9.13 Å². The topological polar surface area (TPSA) is 237 Å². The first-order valence-corrected chi connectivity index (χ1v) is 43.7.